The second-order valence-corrected chi connectivity index (χ2v) is 11.0. The average molecular weight is 491 g/mol. The van der Waals surface area contributed by atoms with Gasteiger partial charge >= 0.3 is 0 Å². The zero-order chi connectivity index (χ0) is 25.0. The van der Waals surface area contributed by atoms with Crippen LogP contribution in [0.15, 0.2) is 84.9 Å². The third-order valence-electron chi connectivity index (χ3n) is 6.18. The van der Waals surface area contributed by atoms with Crippen LogP contribution in [0.3, 0.4) is 0 Å². The summed E-state index contributed by atoms with van der Waals surface area (Å²) in [6, 6.07) is 24.9. The van der Waals surface area contributed by atoms with Crippen LogP contribution in [0.25, 0.3) is 0 Å². The molecule has 1 heterocycles. The highest BCUT2D eigenvalue weighted by Crippen LogP contribution is 2.41. The number of nitrogens with zero attached hydrogens (tertiary/aromatic N) is 1. The van der Waals surface area contributed by atoms with Crippen molar-refractivity contribution in [2.24, 2.45) is 5.41 Å². The van der Waals surface area contributed by atoms with Crippen molar-refractivity contribution in [2.45, 2.75) is 44.6 Å². The summed E-state index contributed by atoms with van der Waals surface area (Å²) in [5, 5.41) is 2.95. The van der Waals surface area contributed by atoms with Gasteiger partial charge in [-0.25, -0.2) is 4.39 Å². The molecule has 0 bridgehead atoms. The monoisotopic (exact) mass is 490 g/mol. The van der Waals surface area contributed by atoms with Crippen molar-refractivity contribution < 1.29 is 14.0 Å². The number of hydrogen-bond acceptors (Lipinski definition) is 3. The van der Waals surface area contributed by atoms with Crippen LogP contribution in [-0.2, 0) is 11.2 Å². The minimum atomic E-state index is -0.696. The van der Waals surface area contributed by atoms with Gasteiger partial charge in [-0.15, -0.1) is 11.8 Å². The molecule has 0 aromatic heterocycles. The van der Waals surface area contributed by atoms with Crippen molar-refractivity contribution in [2.75, 3.05) is 5.75 Å². The molecule has 0 saturated carbocycles. The van der Waals surface area contributed by atoms with Gasteiger partial charge in [0.2, 0.25) is 5.91 Å². The highest BCUT2D eigenvalue weighted by atomic mass is 32.2. The van der Waals surface area contributed by atoms with Crippen molar-refractivity contribution in [3.8, 4) is 0 Å². The lowest BCUT2D eigenvalue weighted by molar-refractivity contribution is -0.126. The van der Waals surface area contributed by atoms with E-state index in [1.54, 1.807) is 28.8 Å². The fourth-order valence-corrected chi connectivity index (χ4v) is 6.03. The van der Waals surface area contributed by atoms with Crippen LogP contribution in [0.5, 0.6) is 0 Å². The van der Waals surface area contributed by atoms with Gasteiger partial charge in [0, 0.05) is 5.75 Å². The molecule has 35 heavy (non-hydrogen) atoms. The second-order valence-electron chi connectivity index (χ2n) is 9.92. The van der Waals surface area contributed by atoms with E-state index in [4.69, 9.17) is 0 Å². The van der Waals surface area contributed by atoms with Crippen LogP contribution in [0.2, 0.25) is 0 Å². The third kappa shape index (κ3) is 5.76. The largest absolute Gasteiger partial charge is 0.347 e. The van der Waals surface area contributed by atoms with E-state index in [0.717, 1.165) is 11.1 Å². The summed E-state index contributed by atoms with van der Waals surface area (Å²) in [6.45, 7) is 6.11. The summed E-state index contributed by atoms with van der Waals surface area (Å²) in [5.41, 5.74) is 1.80. The first-order valence-electron chi connectivity index (χ1n) is 11.8. The molecule has 0 radical (unpaired) electrons. The molecule has 1 aliphatic heterocycles. The van der Waals surface area contributed by atoms with Gasteiger partial charge in [0.25, 0.3) is 5.91 Å². The number of carbonyl (C=O) groups excluding carboxylic acids is 2. The van der Waals surface area contributed by atoms with Crippen LogP contribution in [-0.4, -0.2) is 33.9 Å². The fourth-order valence-electron chi connectivity index (χ4n) is 4.45. The van der Waals surface area contributed by atoms with E-state index in [1.807, 2.05) is 81.4 Å². The van der Waals surface area contributed by atoms with Gasteiger partial charge in [0.05, 0.1) is 17.0 Å². The molecule has 182 valence electrons. The van der Waals surface area contributed by atoms with Crippen LogP contribution >= 0.6 is 11.8 Å². The molecule has 3 atom stereocenters. The van der Waals surface area contributed by atoms with E-state index in [1.165, 1.54) is 12.1 Å². The number of nitrogens with one attached hydrogen (secondary N) is 1. The fraction of sp³-hybridized carbons (Fsp3) is 0.310. The predicted octanol–water partition coefficient (Wildman–Crippen LogP) is 5.86. The Labute approximate surface area is 210 Å². The SMILES string of the molecule is CC(C)(C)C1SCC(C(=O)NC(Cc2ccccc2)c2ccccc2)N1C(=O)c1ccccc1F. The van der Waals surface area contributed by atoms with Crippen LogP contribution in [0.4, 0.5) is 4.39 Å². The normalized spacial score (nSPS) is 18.8. The van der Waals surface area contributed by atoms with Crippen LogP contribution in [0.1, 0.15) is 48.3 Å². The number of halogens is 1. The molecule has 4 rings (SSSR count). The highest BCUT2D eigenvalue weighted by molar-refractivity contribution is 8.00. The Morgan fingerprint density at radius 3 is 2.20 bits per heavy atom. The Hall–Kier alpha value is -3.12. The van der Waals surface area contributed by atoms with E-state index in [0.29, 0.717) is 12.2 Å². The third-order valence-corrected chi connectivity index (χ3v) is 7.94. The molecular formula is C29H31FN2O2S. The minimum Gasteiger partial charge on any atom is -0.347 e. The number of benzene rings is 3. The summed E-state index contributed by atoms with van der Waals surface area (Å²) < 4.78 is 14.6. The first-order valence-corrected chi connectivity index (χ1v) is 12.9. The van der Waals surface area contributed by atoms with Crippen molar-refractivity contribution in [3.63, 3.8) is 0 Å². The molecule has 2 amide bonds. The van der Waals surface area contributed by atoms with Gasteiger partial charge in [-0.3, -0.25) is 9.59 Å². The Bertz CT molecular complexity index is 1160. The Morgan fingerprint density at radius 2 is 1.57 bits per heavy atom. The average Bonchev–Trinajstić information content (AvgIpc) is 3.31. The van der Waals surface area contributed by atoms with E-state index in [9.17, 15) is 14.0 Å². The standard InChI is InChI=1S/C29H31FN2O2S/c1-29(2,3)28-32(27(34)22-16-10-11-17-23(22)30)25(19-35-28)26(33)31-24(21-14-8-5-9-15-21)18-20-12-6-4-7-13-20/h4-17,24-25,28H,18-19H2,1-3H3,(H,31,33). The first kappa shape index (κ1) is 25.0. The van der Waals surface area contributed by atoms with E-state index >= 15 is 0 Å². The molecule has 1 fully saturated rings. The molecule has 3 aromatic rings. The van der Waals surface area contributed by atoms with Gasteiger partial charge in [-0.05, 0) is 35.1 Å². The number of thioether (sulfide) groups is 1. The number of carbonyl (C=O) groups is 2. The Balaban J connectivity index is 1.63. The number of amides is 2. The van der Waals surface area contributed by atoms with Gasteiger partial charge in [-0.2, -0.15) is 0 Å². The van der Waals surface area contributed by atoms with Gasteiger partial charge < -0.3 is 10.2 Å². The van der Waals surface area contributed by atoms with Crippen LogP contribution < -0.4 is 5.32 Å². The van der Waals surface area contributed by atoms with Gasteiger partial charge in [-0.1, -0.05) is 93.6 Å². The molecular weight excluding hydrogens is 459 g/mol. The van der Waals surface area contributed by atoms with Crippen molar-refractivity contribution >= 4 is 23.6 Å². The topological polar surface area (TPSA) is 49.4 Å². The first-order chi connectivity index (χ1) is 16.8. The number of rotatable bonds is 6. The molecule has 1 saturated heterocycles. The second kappa shape index (κ2) is 10.6. The van der Waals surface area contributed by atoms with Crippen molar-refractivity contribution in [1.82, 2.24) is 10.2 Å². The molecule has 3 aromatic carbocycles. The molecule has 1 N–H and O–H groups in total. The summed E-state index contributed by atoms with van der Waals surface area (Å²) in [5.74, 6) is -0.792. The zero-order valence-electron chi connectivity index (χ0n) is 20.3. The lowest BCUT2D eigenvalue weighted by Crippen LogP contribution is -2.53. The smallest absolute Gasteiger partial charge is 0.258 e. The molecule has 0 spiro atoms. The summed E-state index contributed by atoms with van der Waals surface area (Å²) in [6.07, 6.45) is 0.625. The molecule has 6 heteroatoms. The van der Waals surface area contributed by atoms with Gasteiger partial charge in [0.1, 0.15) is 11.9 Å². The lowest BCUT2D eigenvalue weighted by atomic mass is 9.94. The molecule has 1 aliphatic rings. The maximum Gasteiger partial charge on any atom is 0.258 e. The van der Waals surface area contributed by atoms with E-state index in [2.05, 4.69) is 5.32 Å². The minimum absolute atomic E-state index is 0.00838. The molecule has 3 unspecified atom stereocenters. The molecule has 0 aliphatic carbocycles. The van der Waals surface area contributed by atoms with E-state index in [-0.39, 0.29) is 28.3 Å². The zero-order valence-corrected chi connectivity index (χ0v) is 21.1. The maximum absolute atomic E-state index is 14.6. The maximum atomic E-state index is 14.6. The van der Waals surface area contributed by atoms with Crippen LogP contribution in [0, 0.1) is 11.2 Å². The predicted molar refractivity (Wildman–Crippen MR) is 140 cm³/mol. The number of hydrogen-bond donors (Lipinski definition) is 1. The van der Waals surface area contributed by atoms with Crippen molar-refractivity contribution in [1.29, 1.82) is 0 Å². The quantitative estimate of drug-likeness (QED) is 0.471. The lowest BCUT2D eigenvalue weighted by Gasteiger charge is -2.37. The van der Waals surface area contributed by atoms with E-state index < -0.39 is 17.8 Å². The Kier molecular flexibility index (Phi) is 7.60. The summed E-state index contributed by atoms with van der Waals surface area (Å²) in [7, 11) is 0. The Morgan fingerprint density at radius 1 is 0.971 bits per heavy atom. The summed E-state index contributed by atoms with van der Waals surface area (Å²) >= 11 is 1.57. The van der Waals surface area contributed by atoms with Crippen molar-refractivity contribution in [3.05, 3.63) is 107 Å². The highest BCUT2D eigenvalue weighted by Gasteiger charge is 2.47. The summed E-state index contributed by atoms with van der Waals surface area (Å²) in [4.78, 5) is 28.9. The molecule has 4 nitrogen and oxygen atoms in total. The van der Waals surface area contributed by atoms with Gasteiger partial charge in [0.15, 0.2) is 0 Å².